The van der Waals surface area contributed by atoms with Crippen LogP contribution in [-0.4, -0.2) is 36.2 Å². The summed E-state index contributed by atoms with van der Waals surface area (Å²) in [6.07, 6.45) is -1.69. The first-order chi connectivity index (χ1) is 8.11. The second-order valence-electron chi connectivity index (χ2n) is 3.24. The van der Waals surface area contributed by atoms with Crippen molar-refractivity contribution in [1.82, 2.24) is 9.97 Å². The number of nitrogens with zero attached hydrogens (tertiary/aromatic N) is 2. The summed E-state index contributed by atoms with van der Waals surface area (Å²) in [5, 5.41) is 2.98. The predicted octanol–water partition coefficient (Wildman–Crippen LogP) is 2.50. The van der Waals surface area contributed by atoms with E-state index in [4.69, 9.17) is 4.74 Å². The van der Waals surface area contributed by atoms with Crippen molar-refractivity contribution in [2.75, 3.05) is 25.1 Å². The summed E-state index contributed by atoms with van der Waals surface area (Å²) in [7, 11) is 0. The molecule has 4 nitrogen and oxygen atoms in total. The Labute approximate surface area is 107 Å². The molecule has 0 atom stereocenters. The van der Waals surface area contributed by atoms with Crippen molar-refractivity contribution in [2.45, 2.75) is 19.8 Å². The van der Waals surface area contributed by atoms with Crippen LogP contribution in [0.1, 0.15) is 12.7 Å². The Balaban J connectivity index is 2.33. The van der Waals surface area contributed by atoms with Crippen LogP contribution in [-0.2, 0) is 11.2 Å². The highest BCUT2D eigenvalue weighted by Gasteiger charge is 2.03. The Morgan fingerprint density at radius 1 is 1.47 bits per heavy atom. The Morgan fingerprint density at radius 2 is 2.24 bits per heavy atom. The lowest BCUT2D eigenvalue weighted by Crippen LogP contribution is -2.14. The van der Waals surface area contributed by atoms with E-state index in [0.717, 1.165) is 12.2 Å². The van der Waals surface area contributed by atoms with Crippen LogP contribution in [0, 0.1) is 0 Å². The predicted molar refractivity (Wildman–Crippen MR) is 64.4 cm³/mol. The molecule has 0 amide bonds. The number of hydrogen-bond acceptors (Lipinski definition) is 4. The van der Waals surface area contributed by atoms with Crippen LogP contribution in [0.15, 0.2) is 10.7 Å². The minimum absolute atomic E-state index is 0.216. The number of anilines is 1. The molecule has 0 aliphatic carbocycles. The van der Waals surface area contributed by atoms with Gasteiger partial charge in [0.05, 0.1) is 6.61 Å². The fraction of sp³-hybridized carbons (Fsp3) is 0.600. The Bertz CT molecular complexity index is 352. The van der Waals surface area contributed by atoms with Crippen molar-refractivity contribution in [1.29, 1.82) is 0 Å². The van der Waals surface area contributed by atoms with Gasteiger partial charge >= 0.3 is 0 Å². The highest BCUT2D eigenvalue weighted by molar-refractivity contribution is 9.10. The number of rotatable bonds is 7. The zero-order valence-corrected chi connectivity index (χ0v) is 11.0. The molecule has 96 valence electrons. The first-order valence-electron chi connectivity index (χ1n) is 5.25. The number of halogens is 3. The zero-order chi connectivity index (χ0) is 12.7. The Morgan fingerprint density at radius 3 is 2.88 bits per heavy atom. The van der Waals surface area contributed by atoms with Gasteiger partial charge in [0.15, 0.2) is 0 Å². The molecule has 7 heteroatoms. The number of aromatic nitrogens is 2. The van der Waals surface area contributed by atoms with Crippen LogP contribution in [0.5, 0.6) is 0 Å². The lowest BCUT2D eigenvalue weighted by atomic mass is 10.4. The number of nitrogens with one attached hydrogen (secondary N) is 1. The van der Waals surface area contributed by atoms with Crippen LogP contribution in [0.3, 0.4) is 0 Å². The summed E-state index contributed by atoms with van der Waals surface area (Å²) in [6, 6.07) is 1.73. The summed E-state index contributed by atoms with van der Waals surface area (Å²) in [5.41, 5.74) is 0. The maximum Gasteiger partial charge on any atom is 0.261 e. The molecule has 1 aromatic heterocycles. The van der Waals surface area contributed by atoms with Gasteiger partial charge in [0.1, 0.15) is 22.9 Å². The summed E-state index contributed by atoms with van der Waals surface area (Å²) in [5.74, 6) is 1.37. The van der Waals surface area contributed by atoms with Gasteiger partial charge in [0, 0.05) is 19.0 Å². The van der Waals surface area contributed by atoms with Gasteiger partial charge in [-0.1, -0.05) is 6.92 Å². The quantitative estimate of drug-likeness (QED) is 0.621. The molecule has 0 saturated carbocycles. The fourth-order valence-corrected chi connectivity index (χ4v) is 1.56. The van der Waals surface area contributed by atoms with Gasteiger partial charge in [0.25, 0.3) is 6.43 Å². The zero-order valence-electron chi connectivity index (χ0n) is 9.42. The van der Waals surface area contributed by atoms with Gasteiger partial charge in [0.2, 0.25) is 0 Å². The molecule has 0 unspecified atom stereocenters. The molecule has 0 radical (unpaired) electrons. The molecule has 0 saturated heterocycles. The molecule has 0 aliphatic rings. The maximum atomic E-state index is 11.8. The smallest absolute Gasteiger partial charge is 0.261 e. The number of ether oxygens (including phenoxy) is 1. The molecule has 1 N–H and O–H groups in total. The van der Waals surface area contributed by atoms with E-state index in [-0.39, 0.29) is 6.61 Å². The van der Waals surface area contributed by atoms with Gasteiger partial charge in [-0.2, -0.15) is 0 Å². The van der Waals surface area contributed by atoms with Crippen LogP contribution < -0.4 is 5.32 Å². The van der Waals surface area contributed by atoms with Crippen molar-refractivity contribution in [3.63, 3.8) is 0 Å². The van der Waals surface area contributed by atoms with Gasteiger partial charge < -0.3 is 10.1 Å². The molecule has 0 aromatic carbocycles. The van der Waals surface area contributed by atoms with Crippen molar-refractivity contribution >= 4 is 21.7 Å². The normalized spacial score (nSPS) is 10.9. The van der Waals surface area contributed by atoms with E-state index in [1.165, 1.54) is 0 Å². The summed E-state index contributed by atoms with van der Waals surface area (Å²) in [4.78, 5) is 8.38. The SMILES string of the molecule is CCc1nc(Br)cc(NCCOCC(F)F)n1. The lowest BCUT2D eigenvalue weighted by molar-refractivity contribution is 0.0215. The maximum absolute atomic E-state index is 11.8. The van der Waals surface area contributed by atoms with Crippen molar-refractivity contribution in [2.24, 2.45) is 0 Å². The third-order valence-electron chi connectivity index (χ3n) is 1.85. The Hall–Kier alpha value is -0.820. The monoisotopic (exact) mass is 309 g/mol. The van der Waals surface area contributed by atoms with Crippen molar-refractivity contribution in [3.05, 3.63) is 16.5 Å². The summed E-state index contributed by atoms with van der Waals surface area (Å²) in [6.45, 7) is 2.07. The number of hydrogen-bond donors (Lipinski definition) is 1. The molecule has 0 fully saturated rings. The highest BCUT2D eigenvalue weighted by atomic mass is 79.9. The average Bonchev–Trinajstić information content (AvgIpc) is 2.27. The van der Waals surface area contributed by atoms with Gasteiger partial charge in [-0.25, -0.2) is 18.7 Å². The second kappa shape index (κ2) is 7.50. The van der Waals surface area contributed by atoms with E-state index in [0.29, 0.717) is 17.0 Å². The largest absolute Gasteiger partial charge is 0.374 e. The molecule has 1 heterocycles. The van der Waals surface area contributed by atoms with Crippen LogP contribution in [0.2, 0.25) is 0 Å². The van der Waals surface area contributed by atoms with Gasteiger partial charge in [-0.05, 0) is 15.9 Å². The van der Waals surface area contributed by atoms with Gasteiger partial charge in [-0.3, -0.25) is 0 Å². The topological polar surface area (TPSA) is 47.0 Å². The average molecular weight is 310 g/mol. The Kier molecular flexibility index (Phi) is 6.28. The minimum Gasteiger partial charge on any atom is -0.374 e. The molecule has 1 aromatic rings. The molecule has 17 heavy (non-hydrogen) atoms. The van der Waals surface area contributed by atoms with E-state index < -0.39 is 13.0 Å². The third kappa shape index (κ3) is 5.88. The molecular weight excluding hydrogens is 296 g/mol. The van der Waals surface area contributed by atoms with Crippen LogP contribution in [0.4, 0.5) is 14.6 Å². The number of alkyl halides is 2. The third-order valence-corrected chi connectivity index (χ3v) is 2.26. The molecule has 0 spiro atoms. The molecular formula is C10H14BrF2N3O. The summed E-state index contributed by atoms with van der Waals surface area (Å²) >= 11 is 3.27. The van der Waals surface area contributed by atoms with E-state index in [1.807, 2.05) is 6.92 Å². The fourth-order valence-electron chi connectivity index (χ4n) is 1.14. The van der Waals surface area contributed by atoms with Crippen molar-refractivity contribution < 1.29 is 13.5 Å². The first-order valence-corrected chi connectivity index (χ1v) is 6.04. The lowest BCUT2D eigenvalue weighted by Gasteiger charge is -2.07. The molecule has 0 bridgehead atoms. The summed E-state index contributed by atoms with van der Waals surface area (Å²) < 4.78 is 29.0. The van der Waals surface area contributed by atoms with E-state index >= 15 is 0 Å². The van der Waals surface area contributed by atoms with Crippen molar-refractivity contribution in [3.8, 4) is 0 Å². The number of aryl methyl sites for hydroxylation is 1. The van der Waals surface area contributed by atoms with E-state index in [1.54, 1.807) is 6.07 Å². The highest BCUT2D eigenvalue weighted by Crippen LogP contribution is 2.12. The standard InChI is InChI=1S/C10H14BrF2N3O/c1-2-9-15-7(11)5-10(16-9)14-3-4-17-6-8(12)13/h5,8H,2-4,6H2,1H3,(H,14,15,16). The molecule has 1 rings (SSSR count). The minimum atomic E-state index is -2.42. The van der Waals surface area contributed by atoms with Crippen LogP contribution in [0.25, 0.3) is 0 Å². The van der Waals surface area contributed by atoms with E-state index in [9.17, 15) is 8.78 Å². The second-order valence-corrected chi connectivity index (χ2v) is 4.05. The first kappa shape index (κ1) is 14.2. The van der Waals surface area contributed by atoms with Crippen LogP contribution >= 0.6 is 15.9 Å². The van der Waals surface area contributed by atoms with Gasteiger partial charge in [-0.15, -0.1) is 0 Å². The molecule has 0 aliphatic heterocycles. The van der Waals surface area contributed by atoms with E-state index in [2.05, 4.69) is 31.2 Å².